The van der Waals surface area contributed by atoms with Crippen LogP contribution in [0.3, 0.4) is 0 Å². The Hall–Kier alpha value is -1.61. The lowest BCUT2D eigenvalue weighted by atomic mass is 10.2. The van der Waals surface area contributed by atoms with Crippen LogP contribution in [0.15, 0.2) is 40.6 Å². The zero-order chi connectivity index (χ0) is 16.9. The molecular formula is C14H15ClN2O4S2. The molecule has 2 aromatic rings. The molecule has 0 radical (unpaired) electrons. The second-order valence-electron chi connectivity index (χ2n) is 4.47. The zero-order valence-corrected chi connectivity index (χ0v) is 14.6. The second-order valence-corrected chi connectivity index (χ2v) is 8.18. The molecule has 0 aliphatic heterocycles. The SMILES string of the molecule is COc1ccccc1CNC(=O)CNS(=O)(=O)c1ccc(Cl)s1. The second kappa shape index (κ2) is 7.78. The Morgan fingerprint density at radius 2 is 2.00 bits per heavy atom. The number of amides is 1. The molecule has 0 spiro atoms. The van der Waals surface area contributed by atoms with Gasteiger partial charge < -0.3 is 10.1 Å². The number of methoxy groups -OCH3 is 1. The standard InChI is InChI=1S/C14H15ClN2O4S2/c1-21-11-5-3-2-4-10(11)8-16-13(18)9-17-23(19,20)14-7-6-12(15)22-14/h2-7,17H,8-9H2,1H3,(H,16,18). The number of para-hydroxylation sites is 1. The van der Waals surface area contributed by atoms with Crippen molar-refractivity contribution in [3.63, 3.8) is 0 Å². The van der Waals surface area contributed by atoms with Crippen LogP contribution in [0, 0.1) is 0 Å². The quantitative estimate of drug-likeness (QED) is 0.776. The Kier molecular flexibility index (Phi) is 6.00. The molecule has 1 aromatic carbocycles. The van der Waals surface area contributed by atoms with E-state index < -0.39 is 15.9 Å². The minimum absolute atomic E-state index is 0.0695. The monoisotopic (exact) mass is 374 g/mol. The smallest absolute Gasteiger partial charge is 0.250 e. The van der Waals surface area contributed by atoms with Gasteiger partial charge in [0.2, 0.25) is 5.91 Å². The van der Waals surface area contributed by atoms with Gasteiger partial charge in [0, 0.05) is 12.1 Å². The number of sulfonamides is 1. The van der Waals surface area contributed by atoms with Gasteiger partial charge in [-0.15, -0.1) is 11.3 Å². The number of halogens is 1. The Labute approximate surface area is 143 Å². The molecular weight excluding hydrogens is 360 g/mol. The van der Waals surface area contributed by atoms with Gasteiger partial charge in [-0.25, -0.2) is 13.1 Å². The first-order valence-corrected chi connectivity index (χ1v) is 9.24. The Morgan fingerprint density at radius 1 is 1.26 bits per heavy atom. The summed E-state index contributed by atoms with van der Waals surface area (Å²) in [6.45, 7) is -0.109. The first-order chi connectivity index (χ1) is 10.9. The summed E-state index contributed by atoms with van der Waals surface area (Å²) in [6.07, 6.45) is 0. The molecule has 0 unspecified atom stereocenters. The molecule has 1 aromatic heterocycles. The number of rotatable bonds is 7. The average molecular weight is 375 g/mol. The normalized spacial score (nSPS) is 11.2. The fraction of sp³-hybridized carbons (Fsp3) is 0.214. The largest absolute Gasteiger partial charge is 0.496 e. The van der Waals surface area contributed by atoms with Crippen LogP contribution < -0.4 is 14.8 Å². The third-order valence-electron chi connectivity index (χ3n) is 2.90. The zero-order valence-electron chi connectivity index (χ0n) is 12.2. The van der Waals surface area contributed by atoms with E-state index in [4.69, 9.17) is 16.3 Å². The summed E-state index contributed by atoms with van der Waals surface area (Å²) in [6, 6.07) is 10.1. The van der Waals surface area contributed by atoms with Gasteiger partial charge in [-0.3, -0.25) is 4.79 Å². The molecule has 0 aliphatic carbocycles. The van der Waals surface area contributed by atoms with E-state index >= 15 is 0 Å². The first kappa shape index (κ1) is 17.7. The minimum Gasteiger partial charge on any atom is -0.496 e. The summed E-state index contributed by atoms with van der Waals surface area (Å²) in [4.78, 5) is 11.8. The highest BCUT2D eigenvalue weighted by atomic mass is 35.5. The maximum atomic E-state index is 12.0. The van der Waals surface area contributed by atoms with Gasteiger partial charge in [0.25, 0.3) is 10.0 Å². The van der Waals surface area contributed by atoms with Crippen molar-refractivity contribution in [3.05, 3.63) is 46.3 Å². The molecule has 9 heteroatoms. The Balaban J connectivity index is 1.88. The van der Waals surface area contributed by atoms with Crippen LogP contribution in [0.4, 0.5) is 0 Å². The highest BCUT2D eigenvalue weighted by Crippen LogP contribution is 2.25. The van der Waals surface area contributed by atoms with Crippen LogP contribution >= 0.6 is 22.9 Å². The fourth-order valence-corrected chi connectivity index (χ4v) is 4.29. The van der Waals surface area contributed by atoms with Gasteiger partial charge in [-0.1, -0.05) is 29.8 Å². The maximum absolute atomic E-state index is 12.0. The van der Waals surface area contributed by atoms with Gasteiger partial charge in [-0.2, -0.15) is 0 Å². The van der Waals surface area contributed by atoms with Crippen LogP contribution in [-0.2, 0) is 21.4 Å². The van der Waals surface area contributed by atoms with Crippen LogP contribution in [0.2, 0.25) is 4.34 Å². The lowest BCUT2D eigenvalue weighted by Crippen LogP contribution is -2.36. The van der Waals surface area contributed by atoms with E-state index in [9.17, 15) is 13.2 Å². The molecule has 0 saturated carbocycles. The summed E-state index contributed by atoms with van der Waals surface area (Å²) in [7, 11) is -2.19. The summed E-state index contributed by atoms with van der Waals surface area (Å²) in [5, 5.41) is 2.63. The van der Waals surface area contributed by atoms with Crippen LogP contribution in [0.25, 0.3) is 0 Å². The predicted octanol–water partition coefficient (Wildman–Crippen LogP) is 2.00. The number of benzene rings is 1. The van der Waals surface area contributed by atoms with Crippen molar-refractivity contribution in [3.8, 4) is 5.75 Å². The van der Waals surface area contributed by atoms with Gasteiger partial charge in [0.1, 0.15) is 9.96 Å². The summed E-state index contributed by atoms with van der Waals surface area (Å²) < 4.78 is 31.8. The lowest BCUT2D eigenvalue weighted by Gasteiger charge is -2.10. The average Bonchev–Trinajstić information content (AvgIpc) is 2.98. The molecule has 2 N–H and O–H groups in total. The molecule has 0 bridgehead atoms. The molecule has 23 heavy (non-hydrogen) atoms. The van der Waals surface area contributed by atoms with Gasteiger partial charge in [0.05, 0.1) is 18.0 Å². The maximum Gasteiger partial charge on any atom is 0.250 e. The van der Waals surface area contributed by atoms with Crippen molar-refractivity contribution in [1.82, 2.24) is 10.0 Å². The van der Waals surface area contributed by atoms with Crippen molar-refractivity contribution in [2.75, 3.05) is 13.7 Å². The topological polar surface area (TPSA) is 84.5 Å². The number of nitrogens with one attached hydrogen (secondary N) is 2. The summed E-state index contributed by atoms with van der Waals surface area (Å²) in [5.41, 5.74) is 0.802. The van der Waals surface area contributed by atoms with Gasteiger partial charge >= 0.3 is 0 Å². The van der Waals surface area contributed by atoms with E-state index in [1.807, 2.05) is 18.2 Å². The molecule has 0 atom stereocenters. The van der Waals surface area contributed by atoms with E-state index in [0.717, 1.165) is 16.9 Å². The molecule has 0 fully saturated rings. The molecule has 124 valence electrons. The molecule has 0 saturated heterocycles. The van der Waals surface area contributed by atoms with E-state index in [-0.39, 0.29) is 17.3 Å². The number of thiophene rings is 1. The van der Waals surface area contributed by atoms with Gasteiger partial charge in [-0.05, 0) is 18.2 Å². The van der Waals surface area contributed by atoms with E-state index in [1.54, 1.807) is 13.2 Å². The highest BCUT2D eigenvalue weighted by molar-refractivity contribution is 7.91. The molecule has 0 aliphatic rings. The number of hydrogen-bond donors (Lipinski definition) is 2. The third kappa shape index (κ3) is 4.93. The molecule has 6 nitrogen and oxygen atoms in total. The van der Waals surface area contributed by atoms with Crippen molar-refractivity contribution in [1.29, 1.82) is 0 Å². The van der Waals surface area contributed by atoms with Crippen LogP contribution in [-0.4, -0.2) is 28.0 Å². The summed E-state index contributed by atoms with van der Waals surface area (Å²) >= 11 is 6.64. The number of hydrogen-bond acceptors (Lipinski definition) is 5. The van der Waals surface area contributed by atoms with Crippen molar-refractivity contribution in [2.24, 2.45) is 0 Å². The van der Waals surface area contributed by atoms with Crippen LogP contribution in [0.5, 0.6) is 5.75 Å². The van der Waals surface area contributed by atoms with Crippen LogP contribution in [0.1, 0.15) is 5.56 Å². The first-order valence-electron chi connectivity index (χ1n) is 6.56. The molecule has 2 rings (SSSR count). The van der Waals surface area contributed by atoms with E-state index in [0.29, 0.717) is 10.1 Å². The Morgan fingerprint density at radius 3 is 2.65 bits per heavy atom. The predicted molar refractivity (Wildman–Crippen MR) is 89.4 cm³/mol. The van der Waals surface area contributed by atoms with Gasteiger partial charge in [0.15, 0.2) is 0 Å². The highest BCUT2D eigenvalue weighted by Gasteiger charge is 2.17. The minimum atomic E-state index is -3.73. The van der Waals surface area contributed by atoms with Crippen molar-refractivity contribution < 1.29 is 17.9 Å². The Bertz CT molecular complexity index is 790. The number of carbonyl (C=O) groups excluding carboxylic acids is 1. The molecule has 1 amide bonds. The fourth-order valence-electron chi connectivity index (χ4n) is 1.78. The van der Waals surface area contributed by atoms with E-state index in [2.05, 4.69) is 10.0 Å². The number of ether oxygens (including phenoxy) is 1. The lowest BCUT2D eigenvalue weighted by molar-refractivity contribution is -0.120. The third-order valence-corrected chi connectivity index (χ3v) is 6.03. The van der Waals surface area contributed by atoms with Crippen molar-refractivity contribution >= 4 is 38.9 Å². The van der Waals surface area contributed by atoms with Crippen molar-refractivity contribution in [2.45, 2.75) is 10.8 Å². The number of carbonyl (C=O) groups is 1. The van der Waals surface area contributed by atoms with E-state index in [1.165, 1.54) is 12.1 Å². The summed E-state index contributed by atoms with van der Waals surface area (Å²) in [5.74, 6) is 0.212. The molecule has 1 heterocycles.